The molecule has 2 aromatic rings. The molecule has 0 bridgehead atoms. The maximum Gasteiger partial charge on any atom is 0.352 e. The molecular weight excluding hydrogens is 306 g/mol. The Morgan fingerprint density at radius 2 is 1.62 bits per heavy atom. The van der Waals surface area contributed by atoms with Crippen LogP contribution in [0.15, 0.2) is 48.5 Å². The van der Waals surface area contributed by atoms with Crippen molar-refractivity contribution in [2.24, 2.45) is 0 Å². The van der Waals surface area contributed by atoms with Crippen molar-refractivity contribution in [1.82, 2.24) is 0 Å². The van der Waals surface area contributed by atoms with Crippen LogP contribution in [0.4, 0.5) is 0 Å². The Morgan fingerprint density at radius 3 is 2.21 bits per heavy atom. The van der Waals surface area contributed by atoms with Crippen LogP contribution in [0.2, 0.25) is 0 Å². The summed E-state index contributed by atoms with van der Waals surface area (Å²) in [5.74, 6) is 1.17. The van der Waals surface area contributed by atoms with E-state index in [0.717, 1.165) is 12.2 Å². The van der Waals surface area contributed by atoms with Crippen molar-refractivity contribution in [3.8, 4) is 23.3 Å². The summed E-state index contributed by atoms with van der Waals surface area (Å²) in [6, 6.07) is 15.4. The van der Waals surface area contributed by atoms with Gasteiger partial charge in [-0.25, -0.2) is 4.79 Å². The molecule has 2 aromatic carbocycles. The van der Waals surface area contributed by atoms with Gasteiger partial charge in [0.1, 0.15) is 17.2 Å². The van der Waals surface area contributed by atoms with E-state index in [0.29, 0.717) is 23.7 Å². The molecular formula is C19H19NO4. The molecule has 0 aliphatic rings. The number of benzene rings is 2. The normalized spacial score (nSPS) is 11.2. The van der Waals surface area contributed by atoms with Crippen molar-refractivity contribution >= 4 is 5.97 Å². The van der Waals surface area contributed by atoms with Crippen LogP contribution >= 0.6 is 0 Å². The standard InChI is InChI=1S/C19H19NO4/c1-3-12-22-16-8-10-18(11-9-16)24-19(21)14(2)23-17-6-4-15(13-20)5-7-17/h4-11,14H,3,12H2,1-2H3. The smallest absolute Gasteiger partial charge is 0.352 e. The first-order chi connectivity index (χ1) is 11.6. The summed E-state index contributed by atoms with van der Waals surface area (Å²) in [6.07, 6.45) is 0.162. The quantitative estimate of drug-likeness (QED) is 0.573. The van der Waals surface area contributed by atoms with E-state index in [1.54, 1.807) is 55.5 Å². The van der Waals surface area contributed by atoms with Crippen molar-refractivity contribution in [2.45, 2.75) is 26.4 Å². The minimum atomic E-state index is -0.769. The predicted octanol–water partition coefficient (Wildman–Crippen LogP) is 3.72. The summed E-state index contributed by atoms with van der Waals surface area (Å²) >= 11 is 0. The Bertz CT molecular complexity index is 702. The van der Waals surface area contributed by atoms with E-state index in [1.807, 2.05) is 13.0 Å². The van der Waals surface area contributed by atoms with Gasteiger partial charge in [-0.15, -0.1) is 0 Å². The van der Waals surface area contributed by atoms with Gasteiger partial charge in [0.15, 0.2) is 6.10 Å². The average molecular weight is 325 g/mol. The summed E-state index contributed by atoms with van der Waals surface area (Å²) in [5, 5.41) is 8.76. The van der Waals surface area contributed by atoms with Crippen LogP contribution in [-0.2, 0) is 4.79 Å². The number of hydrogen-bond donors (Lipinski definition) is 0. The highest BCUT2D eigenvalue weighted by molar-refractivity contribution is 5.77. The zero-order chi connectivity index (χ0) is 17.4. The molecule has 5 nitrogen and oxygen atoms in total. The van der Waals surface area contributed by atoms with Crippen LogP contribution in [0.25, 0.3) is 0 Å². The second-order valence-electron chi connectivity index (χ2n) is 5.14. The van der Waals surface area contributed by atoms with Gasteiger partial charge in [0.2, 0.25) is 0 Å². The van der Waals surface area contributed by atoms with Crippen molar-refractivity contribution in [1.29, 1.82) is 5.26 Å². The van der Waals surface area contributed by atoms with Crippen molar-refractivity contribution in [3.63, 3.8) is 0 Å². The fourth-order valence-corrected chi connectivity index (χ4v) is 1.88. The lowest BCUT2D eigenvalue weighted by molar-refractivity contribution is -0.141. The van der Waals surface area contributed by atoms with Gasteiger partial charge in [0.25, 0.3) is 0 Å². The summed E-state index contributed by atoms with van der Waals surface area (Å²) in [6.45, 7) is 4.29. The highest BCUT2D eigenvalue weighted by Crippen LogP contribution is 2.19. The first-order valence-electron chi connectivity index (χ1n) is 7.73. The molecule has 0 aliphatic carbocycles. The molecule has 2 rings (SSSR count). The minimum absolute atomic E-state index is 0.430. The number of ether oxygens (including phenoxy) is 3. The number of nitriles is 1. The molecule has 0 aliphatic heterocycles. The number of hydrogen-bond acceptors (Lipinski definition) is 5. The van der Waals surface area contributed by atoms with E-state index < -0.39 is 12.1 Å². The van der Waals surface area contributed by atoms with E-state index in [2.05, 4.69) is 0 Å². The highest BCUT2D eigenvalue weighted by atomic mass is 16.6. The van der Waals surface area contributed by atoms with Gasteiger partial charge < -0.3 is 14.2 Å². The zero-order valence-electron chi connectivity index (χ0n) is 13.7. The van der Waals surface area contributed by atoms with Gasteiger partial charge in [-0.3, -0.25) is 0 Å². The Labute approximate surface area is 141 Å². The predicted molar refractivity (Wildman–Crippen MR) is 89.1 cm³/mol. The third kappa shape index (κ3) is 5.03. The minimum Gasteiger partial charge on any atom is -0.494 e. The van der Waals surface area contributed by atoms with Crippen molar-refractivity contribution in [2.75, 3.05) is 6.61 Å². The number of esters is 1. The van der Waals surface area contributed by atoms with E-state index in [1.165, 1.54) is 0 Å². The van der Waals surface area contributed by atoms with Crippen LogP contribution < -0.4 is 14.2 Å². The molecule has 0 amide bonds. The highest BCUT2D eigenvalue weighted by Gasteiger charge is 2.17. The molecule has 0 fully saturated rings. The largest absolute Gasteiger partial charge is 0.494 e. The Hall–Kier alpha value is -3.00. The van der Waals surface area contributed by atoms with Gasteiger partial charge >= 0.3 is 5.97 Å². The molecule has 1 unspecified atom stereocenters. The summed E-state index contributed by atoms with van der Waals surface area (Å²) < 4.78 is 16.3. The lowest BCUT2D eigenvalue weighted by Gasteiger charge is -2.14. The maximum absolute atomic E-state index is 12.1. The SMILES string of the molecule is CCCOc1ccc(OC(=O)C(C)Oc2ccc(C#N)cc2)cc1. The van der Waals surface area contributed by atoms with Crippen LogP contribution in [-0.4, -0.2) is 18.7 Å². The average Bonchev–Trinajstić information content (AvgIpc) is 2.61. The Balaban J connectivity index is 1.89. The molecule has 0 saturated heterocycles. The molecule has 0 saturated carbocycles. The van der Waals surface area contributed by atoms with Crippen LogP contribution in [0.3, 0.4) is 0 Å². The lowest BCUT2D eigenvalue weighted by Crippen LogP contribution is -2.28. The Kier molecular flexibility index (Phi) is 6.21. The first kappa shape index (κ1) is 17.4. The fraction of sp³-hybridized carbons (Fsp3) is 0.263. The molecule has 0 aromatic heterocycles. The van der Waals surface area contributed by atoms with Crippen LogP contribution in [0.5, 0.6) is 17.2 Å². The summed E-state index contributed by atoms with van der Waals surface area (Å²) in [5.41, 5.74) is 0.531. The fourth-order valence-electron chi connectivity index (χ4n) is 1.88. The van der Waals surface area contributed by atoms with E-state index in [9.17, 15) is 4.79 Å². The van der Waals surface area contributed by atoms with Crippen molar-refractivity contribution < 1.29 is 19.0 Å². The molecule has 24 heavy (non-hydrogen) atoms. The number of nitrogens with zero attached hydrogens (tertiary/aromatic N) is 1. The van der Waals surface area contributed by atoms with Crippen molar-refractivity contribution in [3.05, 3.63) is 54.1 Å². The summed E-state index contributed by atoms with van der Waals surface area (Å²) in [7, 11) is 0. The number of carbonyl (C=O) groups is 1. The molecule has 0 N–H and O–H groups in total. The molecule has 0 spiro atoms. The molecule has 0 heterocycles. The number of rotatable bonds is 7. The lowest BCUT2D eigenvalue weighted by atomic mass is 10.2. The second kappa shape index (κ2) is 8.59. The molecule has 124 valence electrons. The van der Waals surface area contributed by atoms with Gasteiger partial charge in [0.05, 0.1) is 18.2 Å². The van der Waals surface area contributed by atoms with E-state index in [-0.39, 0.29) is 0 Å². The topological polar surface area (TPSA) is 68.6 Å². The maximum atomic E-state index is 12.1. The monoisotopic (exact) mass is 325 g/mol. The molecule has 5 heteroatoms. The zero-order valence-corrected chi connectivity index (χ0v) is 13.7. The number of carbonyl (C=O) groups excluding carboxylic acids is 1. The first-order valence-corrected chi connectivity index (χ1v) is 7.73. The van der Waals surface area contributed by atoms with Gasteiger partial charge in [-0.05, 0) is 61.9 Å². The van der Waals surface area contributed by atoms with Crippen LogP contribution in [0.1, 0.15) is 25.8 Å². The van der Waals surface area contributed by atoms with Gasteiger partial charge in [-0.2, -0.15) is 5.26 Å². The van der Waals surface area contributed by atoms with Gasteiger partial charge in [0, 0.05) is 0 Å². The Morgan fingerprint density at radius 1 is 1.04 bits per heavy atom. The van der Waals surface area contributed by atoms with Gasteiger partial charge in [-0.1, -0.05) is 6.92 Å². The second-order valence-corrected chi connectivity index (χ2v) is 5.14. The van der Waals surface area contributed by atoms with E-state index >= 15 is 0 Å². The molecule has 1 atom stereocenters. The summed E-state index contributed by atoms with van der Waals surface area (Å²) in [4.78, 5) is 12.1. The third-order valence-electron chi connectivity index (χ3n) is 3.14. The molecule has 0 radical (unpaired) electrons. The van der Waals surface area contributed by atoms with Crippen LogP contribution in [0, 0.1) is 11.3 Å². The van der Waals surface area contributed by atoms with E-state index in [4.69, 9.17) is 19.5 Å². The third-order valence-corrected chi connectivity index (χ3v) is 3.14.